The van der Waals surface area contributed by atoms with Gasteiger partial charge in [0.1, 0.15) is 0 Å². The Kier molecular flexibility index (Phi) is 7.00. The van der Waals surface area contributed by atoms with Crippen molar-refractivity contribution < 1.29 is 0 Å². The molecule has 3 aromatic rings. The molecule has 0 radical (unpaired) electrons. The average molecular weight is 350 g/mol. The summed E-state index contributed by atoms with van der Waals surface area (Å²) in [5, 5.41) is 3.81. The largest absolute Gasteiger partial charge is 0.299 e. The van der Waals surface area contributed by atoms with E-state index in [1.54, 1.807) is 0 Å². The van der Waals surface area contributed by atoms with Crippen molar-refractivity contribution >= 4 is 12.4 Å². The molecule has 0 bridgehead atoms. The summed E-state index contributed by atoms with van der Waals surface area (Å²) in [4.78, 5) is 0. The monoisotopic (exact) mass is 349 g/mol. The van der Waals surface area contributed by atoms with Crippen LogP contribution in [0, 0.1) is 0 Å². The van der Waals surface area contributed by atoms with Gasteiger partial charge in [0.05, 0.1) is 5.54 Å². The molecule has 0 heterocycles. The third kappa shape index (κ3) is 4.39. The predicted molar refractivity (Wildman–Crippen MR) is 109 cm³/mol. The van der Waals surface area contributed by atoms with Crippen molar-refractivity contribution in [1.82, 2.24) is 5.32 Å². The van der Waals surface area contributed by atoms with Gasteiger partial charge in [-0.05, 0) is 23.1 Å². The van der Waals surface area contributed by atoms with Crippen LogP contribution in [-0.2, 0) is 12.1 Å². The first-order valence-corrected chi connectivity index (χ1v) is 8.36. The van der Waals surface area contributed by atoms with Gasteiger partial charge in [0.25, 0.3) is 0 Å². The fourth-order valence-electron chi connectivity index (χ4n) is 3.19. The summed E-state index contributed by atoms with van der Waals surface area (Å²) >= 11 is 0. The van der Waals surface area contributed by atoms with E-state index >= 15 is 0 Å². The molecule has 128 valence electrons. The molecule has 1 nitrogen and oxygen atoms in total. The lowest BCUT2D eigenvalue weighted by molar-refractivity contribution is 0.402. The minimum atomic E-state index is -0.278. The molecule has 0 unspecified atom stereocenters. The first-order valence-electron chi connectivity index (χ1n) is 8.36. The highest BCUT2D eigenvalue weighted by molar-refractivity contribution is 5.85. The molecule has 0 amide bonds. The van der Waals surface area contributed by atoms with Gasteiger partial charge in [-0.25, -0.2) is 0 Å². The third-order valence-corrected chi connectivity index (χ3v) is 4.42. The van der Waals surface area contributed by atoms with Gasteiger partial charge in [0.15, 0.2) is 0 Å². The maximum atomic E-state index is 4.01. The van der Waals surface area contributed by atoms with Crippen LogP contribution in [0.15, 0.2) is 104 Å². The van der Waals surface area contributed by atoms with E-state index < -0.39 is 0 Å². The molecule has 3 aromatic carbocycles. The molecular weight excluding hydrogens is 326 g/mol. The fourth-order valence-corrected chi connectivity index (χ4v) is 3.19. The minimum absolute atomic E-state index is 0. The molecule has 2 heteroatoms. The number of hydrogen-bond acceptors (Lipinski definition) is 1. The molecule has 0 atom stereocenters. The lowest BCUT2D eigenvalue weighted by Crippen LogP contribution is -2.42. The van der Waals surface area contributed by atoms with Crippen LogP contribution in [0.2, 0.25) is 0 Å². The van der Waals surface area contributed by atoms with Gasteiger partial charge < -0.3 is 0 Å². The topological polar surface area (TPSA) is 12.0 Å². The van der Waals surface area contributed by atoms with Crippen LogP contribution in [0.4, 0.5) is 0 Å². The second-order valence-corrected chi connectivity index (χ2v) is 5.97. The first kappa shape index (κ1) is 19.0. The quantitative estimate of drug-likeness (QED) is 0.538. The Hall–Kier alpha value is -2.35. The summed E-state index contributed by atoms with van der Waals surface area (Å²) < 4.78 is 0. The highest BCUT2D eigenvalue weighted by Gasteiger charge is 2.32. The molecule has 25 heavy (non-hydrogen) atoms. The lowest BCUT2D eigenvalue weighted by atomic mass is 9.80. The van der Waals surface area contributed by atoms with E-state index in [1.165, 1.54) is 16.7 Å². The zero-order valence-corrected chi connectivity index (χ0v) is 15.1. The summed E-state index contributed by atoms with van der Waals surface area (Å²) in [5.41, 5.74) is 3.51. The zero-order chi connectivity index (χ0) is 16.7. The van der Waals surface area contributed by atoms with Crippen LogP contribution in [0.5, 0.6) is 0 Å². The van der Waals surface area contributed by atoms with Gasteiger partial charge in [-0.2, -0.15) is 0 Å². The van der Waals surface area contributed by atoms with Gasteiger partial charge in [0, 0.05) is 6.54 Å². The molecule has 0 saturated heterocycles. The van der Waals surface area contributed by atoms with Crippen molar-refractivity contribution in [2.24, 2.45) is 0 Å². The Morgan fingerprint density at radius 3 is 1.60 bits per heavy atom. The van der Waals surface area contributed by atoms with Crippen LogP contribution >= 0.6 is 12.4 Å². The maximum Gasteiger partial charge on any atom is 0.0728 e. The van der Waals surface area contributed by atoms with Crippen LogP contribution in [0.25, 0.3) is 0 Å². The summed E-state index contributed by atoms with van der Waals surface area (Å²) in [6.45, 7) is 4.82. The molecule has 0 aliphatic heterocycles. The number of benzene rings is 3. The smallest absolute Gasteiger partial charge is 0.0728 e. The Morgan fingerprint density at radius 2 is 1.16 bits per heavy atom. The molecule has 0 fully saturated rings. The van der Waals surface area contributed by atoms with Crippen LogP contribution in [0.1, 0.15) is 23.1 Å². The van der Waals surface area contributed by atoms with Crippen molar-refractivity contribution in [3.05, 3.63) is 120 Å². The molecular formula is C23H24ClN. The minimum Gasteiger partial charge on any atom is -0.299 e. The molecule has 0 aliphatic carbocycles. The molecule has 0 aliphatic rings. The second-order valence-electron chi connectivity index (χ2n) is 5.97. The van der Waals surface area contributed by atoms with Crippen LogP contribution < -0.4 is 5.32 Å². The number of rotatable bonds is 7. The summed E-state index contributed by atoms with van der Waals surface area (Å²) in [7, 11) is 0. The normalized spacial score (nSPS) is 10.7. The highest BCUT2D eigenvalue weighted by Crippen LogP contribution is 2.33. The average Bonchev–Trinajstić information content (AvgIpc) is 2.67. The van der Waals surface area contributed by atoms with Crippen LogP contribution in [0.3, 0.4) is 0 Å². The SMILES string of the molecule is C=CCC(NCc1ccccc1)(c1ccccc1)c1ccccc1.Cl. The molecule has 0 spiro atoms. The summed E-state index contributed by atoms with van der Waals surface area (Å²) in [6, 6.07) is 31.8. The number of hydrogen-bond donors (Lipinski definition) is 1. The Bertz CT molecular complexity index is 714. The molecule has 1 N–H and O–H groups in total. The van der Waals surface area contributed by atoms with E-state index in [9.17, 15) is 0 Å². The Balaban J connectivity index is 0.00000225. The predicted octanol–water partition coefficient (Wildman–Crippen LogP) is 5.72. The van der Waals surface area contributed by atoms with E-state index in [4.69, 9.17) is 0 Å². The van der Waals surface area contributed by atoms with Crippen molar-refractivity contribution in [2.75, 3.05) is 0 Å². The maximum absolute atomic E-state index is 4.01. The van der Waals surface area contributed by atoms with Gasteiger partial charge in [0.2, 0.25) is 0 Å². The van der Waals surface area contributed by atoms with Gasteiger partial charge in [-0.15, -0.1) is 19.0 Å². The van der Waals surface area contributed by atoms with E-state index in [-0.39, 0.29) is 17.9 Å². The first-order chi connectivity index (χ1) is 11.8. The second kappa shape index (κ2) is 9.22. The fraction of sp³-hybridized carbons (Fsp3) is 0.130. The third-order valence-electron chi connectivity index (χ3n) is 4.42. The summed E-state index contributed by atoms with van der Waals surface area (Å²) in [6.07, 6.45) is 2.83. The standard InChI is InChI=1S/C23H23N.ClH/c1-2-18-23(21-14-8-4-9-15-21,22-16-10-5-11-17-22)24-19-20-12-6-3-7-13-20;/h2-17,24H,1,18-19H2;1H. The van der Waals surface area contributed by atoms with E-state index in [1.807, 2.05) is 6.08 Å². The van der Waals surface area contributed by atoms with Gasteiger partial charge >= 0.3 is 0 Å². The Morgan fingerprint density at radius 1 is 0.720 bits per heavy atom. The van der Waals surface area contributed by atoms with Crippen molar-refractivity contribution in [3.8, 4) is 0 Å². The van der Waals surface area contributed by atoms with Gasteiger partial charge in [-0.3, -0.25) is 5.32 Å². The molecule has 0 aromatic heterocycles. The van der Waals surface area contributed by atoms with Gasteiger partial charge in [-0.1, -0.05) is 97.1 Å². The van der Waals surface area contributed by atoms with Crippen molar-refractivity contribution in [1.29, 1.82) is 0 Å². The van der Waals surface area contributed by atoms with E-state index in [0.29, 0.717) is 0 Å². The zero-order valence-electron chi connectivity index (χ0n) is 14.3. The van der Waals surface area contributed by atoms with Crippen LogP contribution in [-0.4, -0.2) is 0 Å². The number of nitrogens with one attached hydrogen (secondary N) is 1. The summed E-state index contributed by atoms with van der Waals surface area (Å²) in [5.74, 6) is 0. The molecule has 3 rings (SSSR count). The Labute approximate surface area is 156 Å². The lowest BCUT2D eigenvalue weighted by Gasteiger charge is -2.36. The highest BCUT2D eigenvalue weighted by atomic mass is 35.5. The van der Waals surface area contributed by atoms with Crippen molar-refractivity contribution in [2.45, 2.75) is 18.5 Å². The van der Waals surface area contributed by atoms with E-state index in [2.05, 4.69) is 103 Å². The van der Waals surface area contributed by atoms with Crippen molar-refractivity contribution in [3.63, 3.8) is 0 Å². The number of halogens is 1. The van der Waals surface area contributed by atoms with E-state index in [0.717, 1.165) is 13.0 Å². The molecule has 0 saturated carbocycles.